The second kappa shape index (κ2) is 6.74. The number of benzene rings is 1. The molecule has 26 heavy (non-hydrogen) atoms. The first-order valence-corrected chi connectivity index (χ1v) is 8.75. The first-order chi connectivity index (χ1) is 12.7. The average molecular weight is 351 g/mol. The summed E-state index contributed by atoms with van der Waals surface area (Å²) in [5, 5.41) is 4.64. The second-order valence-corrected chi connectivity index (χ2v) is 6.53. The number of piperidine rings is 1. The third-order valence-corrected chi connectivity index (χ3v) is 4.92. The topological polar surface area (TPSA) is 73.1 Å². The summed E-state index contributed by atoms with van der Waals surface area (Å²) in [4.78, 5) is 23.7. The maximum Gasteiger partial charge on any atom is 0.257 e. The fraction of sp³-hybridized carbons (Fsp3) is 0.368. The lowest BCUT2D eigenvalue weighted by Gasteiger charge is -2.32. The summed E-state index contributed by atoms with van der Waals surface area (Å²) in [6.07, 6.45) is 5.28. The lowest BCUT2D eigenvalue weighted by molar-refractivity contribution is 0.0702. The molecule has 0 saturated carbocycles. The molecule has 2 aromatic heterocycles. The number of nitrogens with zero attached hydrogens (tertiary/aromatic N) is 5. The van der Waals surface area contributed by atoms with E-state index in [2.05, 4.69) is 15.1 Å². The van der Waals surface area contributed by atoms with E-state index in [1.54, 1.807) is 24.2 Å². The number of aromatic nitrogens is 4. The van der Waals surface area contributed by atoms with Crippen LogP contribution < -0.4 is 4.74 Å². The van der Waals surface area contributed by atoms with Crippen molar-refractivity contribution in [3.8, 4) is 5.75 Å². The molecule has 1 unspecified atom stereocenters. The van der Waals surface area contributed by atoms with Crippen molar-refractivity contribution in [2.24, 2.45) is 7.05 Å². The van der Waals surface area contributed by atoms with Crippen LogP contribution in [0.1, 0.15) is 34.8 Å². The number of hydrogen-bond donors (Lipinski definition) is 0. The van der Waals surface area contributed by atoms with Gasteiger partial charge in [0.25, 0.3) is 5.91 Å². The number of carbonyl (C=O) groups is 1. The third-order valence-electron chi connectivity index (χ3n) is 4.92. The van der Waals surface area contributed by atoms with Gasteiger partial charge in [-0.25, -0.2) is 14.6 Å². The molecule has 1 atom stereocenters. The summed E-state index contributed by atoms with van der Waals surface area (Å²) in [5.41, 5.74) is 3.12. The highest BCUT2D eigenvalue weighted by Crippen LogP contribution is 2.31. The molecule has 7 nitrogen and oxygen atoms in total. The molecule has 1 aliphatic rings. The fourth-order valence-electron chi connectivity index (χ4n) is 3.66. The number of aryl methyl sites for hydroxylation is 1. The molecule has 0 N–H and O–H groups in total. The molecule has 3 aromatic rings. The van der Waals surface area contributed by atoms with Gasteiger partial charge in [-0.05, 0) is 25.0 Å². The summed E-state index contributed by atoms with van der Waals surface area (Å²) < 4.78 is 7.11. The predicted molar refractivity (Wildman–Crippen MR) is 97.2 cm³/mol. The van der Waals surface area contributed by atoms with Gasteiger partial charge in [-0.15, -0.1) is 0 Å². The zero-order valence-corrected chi connectivity index (χ0v) is 14.9. The molecule has 3 heterocycles. The van der Waals surface area contributed by atoms with Crippen molar-refractivity contribution < 1.29 is 9.53 Å². The highest BCUT2D eigenvalue weighted by molar-refractivity contribution is 5.97. The monoisotopic (exact) mass is 351 g/mol. The van der Waals surface area contributed by atoms with Gasteiger partial charge >= 0.3 is 0 Å². The highest BCUT2D eigenvalue weighted by atomic mass is 16.5. The zero-order chi connectivity index (χ0) is 18.1. The maximum absolute atomic E-state index is 13.0. The van der Waals surface area contributed by atoms with E-state index < -0.39 is 0 Å². The SMILES string of the molecule is COc1ccccc1C(=O)N1CCCC(c2nn(C)c3nccnc23)C1. The van der Waals surface area contributed by atoms with E-state index in [0.29, 0.717) is 17.9 Å². The van der Waals surface area contributed by atoms with E-state index in [9.17, 15) is 4.79 Å². The summed E-state index contributed by atoms with van der Waals surface area (Å²) in [6.45, 7) is 1.36. The summed E-state index contributed by atoms with van der Waals surface area (Å²) in [7, 11) is 3.46. The molecule has 7 heteroatoms. The number of ether oxygens (including phenoxy) is 1. The van der Waals surface area contributed by atoms with Crippen molar-refractivity contribution >= 4 is 17.1 Å². The third kappa shape index (κ3) is 2.79. The number of amides is 1. The van der Waals surface area contributed by atoms with Gasteiger partial charge in [0, 0.05) is 38.4 Å². The number of methoxy groups -OCH3 is 1. The molecule has 1 aliphatic heterocycles. The van der Waals surface area contributed by atoms with Crippen LogP contribution in [0.15, 0.2) is 36.7 Å². The Kier molecular flexibility index (Phi) is 4.28. The number of fused-ring (bicyclic) bond motifs is 1. The summed E-state index contributed by atoms with van der Waals surface area (Å²) in [6, 6.07) is 7.36. The maximum atomic E-state index is 13.0. The lowest BCUT2D eigenvalue weighted by Crippen LogP contribution is -2.39. The quantitative estimate of drug-likeness (QED) is 0.724. The molecule has 0 aliphatic carbocycles. The number of hydrogen-bond acceptors (Lipinski definition) is 5. The van der Waals surface area contributed by atoms with Gasteiger partial charge in [0.1, 0.15) is 11.3 Å². The Morgan fingerprint density at radius 2 is 2.04 bits per heavy atom. The van der Waals surface area contributed by atoms with Crippen LogP contribution in [0, 0.1) is 0 Å². The number of carbonyl (C=O) groups excluding carboxylic acids is 1. The van der Waals surface area contributed by atoms with Crippen molar-refractivity contribution in [3.05, 3.63) is 47.9 Å². The highest BCUT2D eigenvalue weighted by Gasteiger charge is 2.30. The van der Waals surface area contributed by atoms with Crippen LogP contribution in [0.2, 0.25) is 0 Å². The van der Waals surface area contributed by atoms with Crippen LogP contribution >= 0.6 is 0 Å². The van der Waals surface area contributed by atoms with Crippen molar-refractivity contribution in [1.29, 1.82) is 0 Å². The Hall–Kier alpha value is -2.96. The molecule has 0 bridgehead atoms. The lowest BCUT2D eigenvalue weighted by atomic mass is 9.93. The van der Waals surface area contributed by atoms with Crippen molar-refractivity contribution in [2.45, 2.75) is 18.8 Å². The second-order valence-electron chi connectivity index (χ2n) is 6.53. The smallest absolute Gasteiger partial charge is 0.257 e. The van der Waals surface area contributed by atoms with Crippen LogP contribution in [-0.4, -0.2) is 50.8 Å². The minimum atomic E-state index is -0.00142. The molecule has 134 valence electrons. The van der Waals surface area contributed by atoms with Gasteiger partial charge < -0.3 is 9.64 Å². The summed E-state index contributed by atoms with van der Waals surface area (Å²) in [5.74, 6) is 0.759. The zero-order valence-electron chi connectivity index (χ0n) is 14.9. The first kappa shape index (κ1) is 16.5. The van der Waals surface area contributed by atoms with Crippen LogP contribution in [0.3, 0.4) is 0 Å². The van der Waals surface area contributed by atoms with Gasteiger partial charge in [0.15, 0.2) is 5.65 Å². The van der Waals surface area contributed by atoms with Crippen molar-refractivity contribution in [3.63, 3.8) is 0 Å². The molecular weight excluding hydrogens is 330 g/mol. The minimum absolute atomic E-state index is 0.00142. The molecule has 1 saturated heterocycles. The van der Waals surface area contributed by atoms with E-state index in [-0.39, 0.29) is 11.8 Å². The summed E-state index contributed by atoms with van der Waals surface area (Å²) >= 11 is 0. The molecule has 1 fully saturated rings. The van der Waals surface area contributed by atoms with E-state index >= 15 is 0 Å². The molecule has 4 rings (SSSR count). The Balaban J connectivity index is 1.62. The van der Waals surface area contributed by atoms with E-state index in [1.807, 2.05) is 36.2 Å². The van der Waals surface area contributed by atoms with Gasteiger partial charge in [0.2, 0.25) is 0 Å². The van der Waals surface area contributed by atoms with Gasteiger partial charge in [-0.1, -0.05) is 12.1 Å². The van der Waals surface area contributed by atoms with Crippen LogP contribution in [-0.2, 0) is 7.05 Å². The Bertz CT molecular complexity index is 952. The molecule has 0 spiro atoms. The Morgan fingerprint density at radius 3 is 2.88 bits per heavy atom. The van der Waals surface area contributed by atoms with E-state index in [1.165, 1.54) is 0 Å². The Morgan fingerprint density at radius 1 is 1.23 bits per heavy atom. The van der Waals surface area contributed by atoms with Crippen molar-refractivity contribution in [2.75, 3.05) is 20.2 Å². The first-order valence-electron chi connectivity index (χ1n) is 8.75. The van der Waals surface area contributed by atoms with Gasteiger partial charge in [-0.2, -0.15) is 5.10 Å². The number of para-hydroxylation sites is 1. The number of rotatable bonds is 3. The van der Waals surface area contributed by atoms with Crippen LogP contribution in [0.5, 0.6) is 5.75 Å². The Labute approximate surface area is 151 Å². The molecule has 1 amide bonds. The van der Waals surface area contributed by atoms with E-state index in [4.69, 9.17) is 4.74 Å². The number of likely N-dealkylation sites (tertiary alicyclic amines) is 1. The van der Waals surface area contributed by atoms with Gasteiger partial charge in [0.05, 0.1) is 18.4 Å². The standard InChI is InChI=1S/C19H21N5O2/c1-23-18-17(20-9-10-21-18)16(22-23)13-6-5-11-24(12-13)19(25)14-7-3-4-8-15(14)26-2/h3-4,7-10,13H,5-6,11-12H2,1-2H3. The van der Waals surface area contributed by atoms with Crippen molar-refractivity contribution in [1.82, 2.24) is 24.6 Å². The minimum Gasteiger partial charge on any atom is -0.496 e. The largest absolute Gasteiger partial charge is 0.496 e. The average Bonchev–Trinajstić information content (AvgIpc) is 3.04. The normalized spacial score (nSPS) is 17.5. The molecule has 0 radical (unpaired) electrons. The fourth-order valence-corrected chi connectivity index (χ4v) is 3.66. The molecular formula is C19H21N5O2. The van der Waals surface area contributed by atoms with Crippen LogP contribution in [0.4, 0.5) is 0 Å². The van der Waals surface area contributed by atoms with Crippen LogP contribution in [0.25, 0.3) is 11.2 Å². The molecule has 1 aromatic carbocycles. The predicted octanol–water partition coefficient (Wildman–Crippen LogP) is 2.39. The van der Waals surface area contributed by atoms with Gasteiger partial charge in [-0.3, -0.25) is 4.79 Å². The van der Waals surface area contributed by atoms with E-state index in [0.717, 1.165) is 36.2 Å².